The van der Waals surface area contributed by atoms with E-state index in [1.165, 1.54) is 0 Å². The van der Waals surface area contributed by atoms with Crippen molar-refractivity contribution >= 4 is 5.97 Å². The first-order valence-corrected chi connectivity index (χ1v) is 4.75. The average Bonchev–Trinajstić information content (AvgIpc) is 2.25. The topological polar surface area (TPSA) is 46.5 Å². The normalized spacial score (nSPS) is 9.87. The minimum atomic E-state index is -0.919. The van der Waals surface area contributed by atoms with Crippen LogP contribution in [-0.2, 0) is 11.3 Å². The highest BCUT2D eigenvalue weighted by Crippen LogP contribution is 2.10. The van der Waals surface area contributed by atoms with Crippen molar-refractivity contribution in [3.05, 3.63) is 48.0 Å². The average molecular weight is 206 g/mol. The van der Waals surface area contributed by atoms with Crippen LogP contribution >= 0.6 is 0 Å². The molecule has 0 saturated heterocycles. The Bertz CT molecular complexity index is 344. The van der Waals surface area contributed by atoms with Crippen LogP contribution < -0.4 is 0 Å². The van der Waals surface area contributed by atoms with Gasteiger partial charge in [-0.15, -0.1) is 6.58 Å². The van der Waals surface area contributed by atoms with Crippen LogP contribution in [0.2, 0.25) is 0 Å². The fourth-order valence-electron chi connectivity index (χ4n) is 1.20. The van der Waals surface area contributed by atoms with Gasteiger partial charge in [-0.2, -0.15) is 0 Å². The molecule has 0 aromatic heterocycles. The van der Waals surface area contributed by atoms with Crippen LogP contribution in [0.3, 0.4) is 0 Å². The van der Waals surface area contributed by atoms with E-state index >= 15 is 0 Å². The van der Waals surface area contributed by atoms with Gasteiger partial charge in [0.05, 0.1) is 18.8 Å². The van der Waals surface area contributed by atoms with E-state index in [9.17, 15) is 4.79 Å². The molecule has 0 aliphatic heterocycles. The molecule has 0 bridgehead atoms. The third-order valence-electron chi connectivity index (χ3n) is 1.97. The number of carboxylic acids is 1. The second-order valence-corrected chi connectivity index (χ2v) is 3.09. The molecule has 0 heterocycles. The lowest BCUT2D eigenvalue weighted by molar-refractivity contribution is 0.0688. The highest BCUT2D eigenvalue weighted by atomic mass is 16.5. The SMILES string of the molecule is C=CCCOCc1ccccc1C(=O)O. The molecule has 3 heteroatoms. The zero-order chi connectivity index (χ0) is 11.1. The fourth-order valence-corrected chi connectivity index (χ4v) is 1.20. The minimum Gasteiger partial charge on any atom is -0.478 e. The van der Waals surface area contributed by atoms with Gasteiger partial charge in [-0.25, -0.2) is 4.79 Å². The molecule has 0 spiro atoms. The van der Waals surface area contributed by atoms with Gasteiger partial charge in [-0.05, 0) is 18.1 Å². The monoisotopic (exact) mass is 206 g/mol. The predicted octanol–water partition coefficient (Wildman–Crippen LogP) is 2.48. The summed E-state index contributed by atoms with van der Waals surface area (Å²) < 4.78 is 5.32. The minimum absolute atomic E-state index is 0.302. The summed E-state index contributed by atoms with van der Waals surface area (Å²) in [5.41, 5.74) is 1.00. The molecule has 0 fully saturated rings. The fraction of sp³-hybridized carbons (Fsp3) is 0.250. The van der Waals surface area contributed by atoms with Crippen LogP contribution in [0, 0.1) is 0 Å². The Morgan fingerprint density at radius 1 is 1.47 bits per heavy atom. The molecule has 0 radical (unpaired) electrons. The molecule has 1 aromatic carbocycles. The van der Waals surface area contributed by atoms with Gasteiger partial charge in [0.1, 0.15) is 0 Å². The molecule has 0 aliphatic rings. The van der Waals surface area contributed by atoms with E-state index in [-0.39, 0.29) is 0 Å². The molecule has 0 unspecified atom stereocenters. The van der Waals surface area contributed by atoms with Gasteiger partial charge in [0.15, 0.2) is 0 Å². The summed E-state index contributed by atoms with van der Waals surface area (Å²) >= 11 is 0. The lowest BCUT2D eigenvalue weighted by atomic mass is 10.1. The van der Waals surface area contributed by atoms with Gasteiger partial charge in [0.25, 0.3) is 0 Å². The van der Waals surface area contributed by atoms with E-state index in [1.54, 1.807) is 30.3 Å². The van der Waals surface area contributed by atoms with E-state index < -0.39 is 5.97 Å². The Balaban J connectivity index is 2.59. The first-order valence-electron chi connectivity index (χ1n) is 4.75. The van der Waals surface area contributed by atoms with Gasteiger partial charge in [-0.1, -0.05) is 24.3 Å². The second-order valence-electron chi connectivity index (χ2n) is 3.09. The first-order chi connectivity index (χ1) is 7.25. The van der Waals surface area contributed by atoms with E-state index in [2.05, 4.69) is 6.58 Å². The Morgan fingerprint density at radius 2 is 2.20 bits per heavy atom. The lowest BCUT2D eigenvalue weighted by Crippen LogP contribution is -2.04. The van der Waals surface area contributed by atoms with Gasteiger partial charge >= 0.3 is 5.97 Å². The van der Waals surface area contributed by atoms with Crippen LogP contribution in [0.5, 0.6) is 0 Å². The van der Waals surface area contributed by atoms with Crippen LogP contribution in [0.4, 0.5) is 0 Å². The summed E-state index contributed by atoms with van der Waals surface area (Å²) in [7, 11) is 0. The summed E-state index contributed by atoms with van der Waals surface area (Å²) in [6.07, 6.45) is 2.54. The maximum Gasteiger partial charge on any atom is 0.336 e. The van der Waals surface area contributed by atoms with E-state index in [0.29, 0.717) is 24.3 Å². The molecule has 1 aromatic rings. The summed E-state index contributed by atoms with van der Waals surface area (Å²) in [5.74, 6) is -0.919. The zero-order valence-electron chi connectivity index (χ0n) is 8.48. The van der Waals surface area contributed by atoms with Gasteiger partial charge in [0, 0.05) is 0 Å². The largest absolute Gasteiger partial charge is 0.478 e. The molecule has 1 N–H and O–H groups in total. The van der Waals surface area contributed by atoms with Gasteiger partial charge in [0.2, 0.25) is 0 Å². The van der Waals surface area contributed by atoms with Gasteiger partial charge in [-0.3, -0.25) is 0 Å². The second kappa shape index (κ2) is 5.98. The molecule has 0 atom stereocenters. The molecule has 3 nitrogen and oxygen atoms in total. The lowest BCUT2D eigenvalue weighted by Gasteiger charge is -2.05. The van der Waals surface area contributed by atoms with Crippen molar-refractivity contribution in [3.8, 4) is 0 Å². The number of carboxylic acid groups (broad SMARTS) is 1. The van der Waals surface area contributed by atoms with Crippen LogP contribution in [0.1, 0.15) is 22.3 Å². The summed E-state index contributed by atoms with van der Waals surface area (Å²) in [4.78, 5) is 10.8. The van der Waals surface area contributed by atoms with E-state index in [0.717, 1.165) is 6.42 Å². The molecule has 0 aliphatic carbocycles. The van der Waals surface area contributed by atoms with Crippen molar-refractivity contribution in [2.45, 2.75) is 13.0 Å². The van der Waals surface area contributed by atoms with Crippen molar-refractivity contribution in [2.24, 2.45) is 0 Å². The predicted molar refractivity (Wildman–Crippen MR) is 57.9 cm³/mol. The number of carbonyl (C=O) groups is 1. The zero-order valence-corrected chi connectivity index (χ0v) is 8.48. The maximum atomic E-state index is 10.8. The Kier molecular flexibility index (Phi) is 4.57. The van der Waals surface area contributed by atoms with E-state index in [4.69, 9.17) is 9.84 Å². The highest BCUT2D eigenvalue weighted by Gasteiger charge is 2.07. The quantitative estimate of drug-likeness (QED) is 0.574. The van der Waals surface area contributed by atoms with Crippen LogP contribution in [0.25, 0.3) is 0 Å². The summed E-state index contributed by atoms with van der Waals surface area (Å²) in [6.45, 7) is 4.47. The molecule has 80 valence electrons. The molecule has 0 amide bonds. The standard InChI is InChI=1S/C12H14O3/c1-2-3-8-15-9-10-6-4-5-7-11(10)12(13)14/h2,4-7H,1,3,8-9H2,(H,13,14). The third kappa shape index (κ3) is 3.56. The molecule has 1 rings (SSSR count). The molecular weight excluding hydrogens is 192 g/mol. The smallest absolute Gasteiger partial charge is 0.336 e. The van der Waals surface area contributed by atoms with Crippen molar-refractivity contribution in [1.29, 1.82) is 0 Å². The number of hydrogen-bond acceptors (Lipinski definition) is 2. The van der Waals surface area contributed by atoms with E-state index in [1.807, 2.05) is 0 Å². The van der Waals surface area contributed by atoms with Crippen molar-refractivity contribution in [3.63, 3.8) is 0 Å². The molecule has 0 saturated carbocycles. The van der Waals surface area contributed by atoms with Gasteiger partial charge < -0.3 is 9.84 Å². The van der Waals surface area contributed by atoms with Crippen LogP contribution in [0.15, 0.2) is 36.9 Å². The Labute approximate surface area is 89.0 Å². The van der Waals surface area contributed by atoms with Crippen LogP contribution in [-0.4, -0.2) is 17.7 Å². The van der Waals surface area contributed by atoms with Crippen molar-refractivity contribution in [2.75, 3.05) is 6.61 Å². The van der Waals surface area contributed by atoms with Crippen molar-refractivity contribution < 1.29 is 14.6 Å². The third-order valence-corrected chi connectivity index (χ3v) is 1.97. The Morgan fingerprint density at radius 3 is 2.87 bits per heavy atom. The maximum absolute atomic E-state index is 10.8. The van der Waals surface area contributed by atoms with Crippen molar-refractivity contribution in [1.82, 2.24) is 0 Å². The summed E-state index contributed by atoms with van der Waals surface area (Å²) in [5, 5.41) is 8.90. The number of ether oxygens (including phenoxy) is 1. The highest BCUT2D eigenvalue weighted by molar-refractivity contribution is 5.89. The number of rotatable bonds is 6. The summed E-state index contributed by atoms with van der Waals surface area (Å²) in [6, 6.07) is 6.85. The number of benzene rings is 1. The molecular formula is C12H14O3. The molecule has 15 heavy (non-hydrogen) atoms. The first kappa shape index (κ1) is 11.5. The number of hydrogen-bond donors (Lipinski definition) is 1. The number of aromatic carboxylic acids is 1. The Hall–Kier alpha value is -1.61.